The molecule has 0 atom stereocenters. The number of amides is 1. The maximum atomic E-state index is 11.4. The highest BCUT2D eigenvalue weighted by Gasteiger charge is 2.27. The molecule has 0 saturated carbocycles. The average Bonchev–Trinajstić information content (AvgIpc) is 2.60. The number of rotatable bonds is 7. The second-order valence-corrected chi connectivity index (χ2v) is 3.57. The Morgan fingerprint density at radius 1 is 1.35 bits per heavy atom. The number of nitrogens with zero attached hydrogens (tertiary/aromatic N) is 1. The molecule has 1 heterocycles. The van der Waals surface area contributed by atoms with Crippen LogP contribution in [-0.2, 0) is 23.9 Å². The maximum Gasteiger partial charge on any atom is 0.335 e. The van der Waals surface area contributed by atoms with Crippen LogP contribution in [-0.4, -0.2) is 43.9 Å². The van der Waals surface area contributed by atoms with Gasteiger partial charge in [0.1, 0.15) is 0 Å². The van der Waals surface area contributed by atoms with E-state index in [4.69, 9.17) is 14.3 Å². The Labute approximate surface area is 100 Å². The van der Waals surface area contributed by atoms with Crippen molar-refractivity contribution < 1.29 is 23.9 Å². The summed E-state index contributed by atoms with van der Waals surface area (Å²) in [6.07, 6.45) is 0.980. The van der Waals surface area contributed by atoms with Crippen LogP contribution in [0, 0.1) is 0 Å². The fraction of sp³-hybridized carbons (Fsp3) is 0.636. The van der Waals surface area contributed by atoms with E-state index in [0.29, 0.717) is 31.8 Å². The smallest absolute Gasteiger partial charge is 0.335 e. The first-order chi connectivity index (χ1) is 8.15. The number of carbonyl (C=O) groups is 2. The molecule has 0 aliphatic carbocycles. The molecular weight excluding hydrogens is 226 g/mol. The number of carbonyl (C=O) groups excluding carboxylic acids is 2. The van der Waals surface area contributed by atoms with Crippen LogP contribution in [0.4, 0.5) is 0 Å². The monoisotopic (exact) mass is 243 g/mol. The summed E-state index contributed by atoms with van der Waals surface area (Å²) in [5.74, 6) is -0.734. The van der Waals surface area contributed by atoms with Crippen LogP contribution < -0.4 is 0 Å². The lowest BCUT2D eigenvalue weighted by molar-refractivity contribution is -0.187. The third kappa shape index (κ3) is 4.54. The van der Waals surface area contributed by atoms with E-state index in [2.05, 4.69) is 6.58 Å². The van der Waals surface area contributed by atoms with Gasteiger partial charge in [0.15, 0.2) is 0 Å². The van der Waals surface area contributed by atoms with Crippen LogP contribution in [0.1, 0.15) is 19.3 Å². The standard InChI is InChI=1S/C11H17NO5/c1-9-3-4-10(13)12(9)17-11(14)5-6-16-8-7-15-2/h1,3-8H2,2H3. The van der Waals surface area contributed by atoms with E-state index in [1.165, 1.54) is 0 Å². The Hall–Kier alpha value is -1.40. The molecule has 17 heavy (non-hydrogen) atoms. The van der Waals surface area contributed by atoms with Gasteiger partial charge in [-0.05, 0) is 6.42 Å². The number of hydroxylamine groups is 2. The zero-order valence-electron chi connectivity index (χ0n) is 9.94. The molecule has 1 fully saturated rings. The van der Waals surface area contributed by atoms with Gasteiger partial charge in [-0.15, -0.1) is 5.06 Å². The van der Waals surface area contributed by atoms with Crippen molar-refractivity contribution in [1.29, 1.82) is 0 Å². The largest absolute Gasteiger partial charge is 0.382 e. The van der Waals surface area contributed by atoms with Crippen LogP contribution in [0.15, 0.2) is 12.3 Å². The van der Waals surface area contributed by atoms with Crippen molar-refractivity contribution in [2.24, 2.45) is 0 Å². The van der Waals surface area contributed by atoms with E-state index in [1.807, 2.05) is 0 Å². The van der Waals surface area contributed by atoms with E-state index in [-0.39, 0.29) is 18.9 Å². The second kappa shape index (κ2) is 7.03. The third-order valence-corrected chi connectivity index (χ3v) is 2.22. The van der Waals surface area contributed by atoms with E-state index in [9.17, 15) is 9.59 Å². The van der Waals surface area contributed by atoms with Crippen LogP contribution in [0.2, 0.25) is 0 Å². The van der Waals surface area contributed by atoms with Gasteiger partial charge in [0.2, 0.25) is 0 Å². The Bertz CT molecular complexity index is 286. The van der Waals surface area contributed by atoms with Gasteiger partial charge in [-0.25, -0.2) is 4.79 Å². The van der Waals surface area contributed by atoms with Crippen molar-refractivity contribution in [3.05, 3.63) is 12.3 Å². The van der Waals surface area contributed by atoms with E-state index < -0.39 is 5.97 Å². The quantitative estimate of drug-likeness (QED) is 0.614. The van der Waals surface area contributed by atoms with Crippen LogP contribution in [0.25, 0.3) is 0 Å². The summed E-state index contributed by atoms with van der Waals surface area (Å²) in [4.78, 5) is 27.5. The molecule has 1 amide bonds. The minimum absolute atomic E-state index is 0.0980. The molecule has 0 aromatic rings. The Balaban J connectivity index is 2.16. The van der Waals surface area contributed by atoms with Gasteiger partial charge in [0, 0.05) is 13.5 Å². The molecular formula is C11H17NO5. The zero-order chi connectivity index (χ0) is 12.7. The van der Waals surface area contributed by atoms with Gasteiger partial charge >= 0.3 is 5.97 Å². The van der Waals surface area contributed by atoms with E-state index in [0.717, 1.165) is 5.06 Å². The molecule has 1 rings (SSSR count). The molecule has 1 aliphatic heterocycles. The lowest BCUT2D eigenvalue weighted by atomic mass is 10.3. The van der Waals surface area contributed by atoms with Gasteiger partial charge in [-0.3, -0.25) is 4.79 Å². The molecule has 1 aliphatic rings. The van der Waals surface area contributed by atoms with Crippen molar-refractivity contribution in [1.82, 2.24) is 5.06 Å². The molecule has 0 unspecified atom stereocenters. The van der Waals surface area contributed by atoms with Crippen molar-refractivity contribution in [2.45, 2.75) is 19.3 Å². The molecule has 1 saturated heterocycles. The predicted molar refractivity (Wildman–Crippen MR) is 58.6 cm³/mol. The fourth-order valence-corrected chi connectivity index (χ4v) is 1.29. The summed E-state index contributed by atoms with van der Waals surface area (Å²) in [6, 6.07) is 0. The SMILES string of the molecule is C=C1CCC(=O)N1OC(=O)CCOCCOC. The van der Waals surface area contributed by atoms with Gasteiger partial charge in [-0.1, -0.05) is 6.58 Å². The first-order valence-corrected chi connectivity index (χ1v) is 5.43. The predicted octanol–water partition coefficient (Wildman–Crippen LogP) is 0.634. The molecule has 6 heteroatoms. The van der Waals surface area contributed by atoms with Crippen molar-refractivity contribution in [2.75, 3.05) is 26.9 Å². The number of ether oxygens (including phenoxy) is 2. The van der Waals surface area contributed by atoms with E-state index >= 15 is 0 Å². The van der Waals surface area contributed by atoms with Gasteiger partial charge in [0.05, 0.1) is 31.9 Å². The molecule has 96 valence electrons. The number of methoxy groups -OCH3 is 1. The summed E-state index contributed by atoms with van der Waals surface area (Å²) in [7, 11) is 1.57. The number of hydrogen-bond acceptors (Lipinski definition) is 5. The molecule has 0 radical (unpaired) electrons. The van der Waals surface area contributed by atoms with Crippen molar-refractivity contribution >= 4 is 11.9 Å². The lowest BCUT2D eigenvalue weighted by Gasteiger charge is -2.15. The summed E-state index contributed by atoms with van der Waals surface area (Å²) >= 11 is 0. The van der Waals surface area contributed by atoms with Crippen molar-refractivity contribution in [3.8, 4) is 0 Å². The maximum absolute atomic E-state index is 11.4. The van der Waals surface area contributed by atoms with Crippen LogP contribution in [0.3, 0.4) is 0 Å². The highest BCUT2D eigenvalue weighted by atomic mass is 16.7. The van der Waals surface area contributed by atoms with Crippen LogP contribution >= 0.6 is 0 Å². The lowest BCUT2D eigenvalue weighted by Crippen LogP contribution is -2.27. The summed E-state index contributed by atoms with van der Waals surface area (Å²) in [5, 5.41) is 0.970. The summed E-state index contributed by atoms with van der Waals surface area (Å²) in [5.41, 5.74) is 0.517. The van der Waals surface area contributed by atoms with Crippen LogP contribution in [0.5, 0.6) is 0 Å². The molecule has 0 N–H and O–H groups in total. The number of hydrogen-bond donors (Lipinski definition) is 0. The molecule has 6 nitrogen and oxygen atoms in total. The highest BCUT2D eigenvalue weighted by Crippen LogP contribution is 2.20. The van der Waals surface area contributed by atoms with Gasteiger partial charge in [-0.2, -0.15) is 0 Å². The molecule has 0 aromatic carbocycles. The molecule has 0 aromatic heterocycles. The summed E-state index contributed by atoms with van der Waals surface area (Å²) in [6.45, 7) is 4.80. The first-order valence-electron chi connectivity index (χ1n) is 5.43. The second-order valence-electron chi connectivity index (χ2n) is 3.57. The zero-order valence-corrected chi connectivity index (χ0v) is 9.94. The molecule has 0 spiro atoms. The Morgan fingerprint density at radius 3 is 2.71 bits per heavy atom. The topological polar surface area (TPSA) is 65.1 Å². The average molecular weight is 243 g/mol. The molecule has 0 bridgehead atoms. The number of allylic oxidation sites excluding steroid dienone is 1. The Kier molecular flexibility index (Phi) is 5.65. The minimum Gasteiger partial charge on any atom is -0.382 e. The van der Waals surface area contributed by atoms with E-state index in [1.54, 1.807) is 7.11 Å². The summed E-state index contributed by atoms with van der Waals surface area (Å²) < 4.78 is 9.89. The Morgan fingerprint density at radius 2 is 2.12 bits per heavy atom. The fourth-order valence-electron chi connectivity index (χ4n) is 1.29. The van der Waals surface area contributed by atoms with Crippen molar-refractivity contribution in [3.63, 3.8) is 0 Å². The first kappa shape index (κ1) is 13.7. The normalized spacial score (nSPS) is 15.5. The third-order valence-electron chi connectivity index (χ3n) is 2.22. The minimum atomic E-state index is -0.501. The van der Waals surface area contributed by atoms with Gasteiger partial charge in [0.25, 0.3) is 5.91 Å². The van der Waals surface area contributed by atoms with Gasteiger partial charge < -0.3 is 14.3 Å². The highest BCUT2D eigenvalue weighted by molar-refractivity contribution is 5.82.